The zero-order valence-electron chi connectivity index (χ0n) is 11.3. The van der Waals surface area contributed by atoms with E-state index in [9.17, 15) is 0 Å². The lowest BCUT2D eigenvalue weighted by Crippen LogP contribution is -1.94. The number of hydrogen-bond acceptors (Lipinski definition) is 2. The van der Waals surface area contributed by atoms with Crippen LogP contribution in [0.2, 0.25) is 5.02 Å². The molecule has 0 saturated carbocycles. The van der Waals surface area contributed by atoms with Gasteiger partial charge in [0.05, 0.1) is 11.9 Å². The van der Waals surface area contributed by atoms with E-state index in [1.807, 2.05) is 61.4 Å². The summed E-state index contributed by atoms with van der Waals surface area (Å²) in [6.07, 6.45) is 3.70. The van der Waals surface area contributed by atoms with Crippen LogP contribution in [-0.2, 0) is 7.05 Å². The van der Waals surface area contributed by atoms with Crippen LogP contribution >= 0.6 is 11.6 Å². The van der Waals surface area contributed by atoms with E-state index < -0.39 is 0 Å². The van der Waals surface area contributed by atoms with E-state index in [4.69, 9.17) is 11.6 Å². The van der Waals surface area contributed by atoms with Crippen LogP contribution in [0.5, 0.6) is 0 Å². The van der Waals surface area contributed by atoms with Crippen LogP contribution < -0.4 is 0 Å². The van der Waals surface area contributed by atoms with Crippen molar-refractivity contribution >= 4 is 11.6 Å². The Balaban J connectivity index is 2.20. The molecule has 3 nitrogen and oxygen atoms in total. The average Bonchev–Trinajstić information content (AvgIpc) is 2.80. The molecule has 0 saturated heterocycles. The van der Waals surface area contributed by atoms with Crippen molar-refractivity contribution in [2.75, 3.05) is 0 Å². The van der Waals surface area contributed by atoms with E-state index in [0.717, 1.165) is 33.1 Å². The molecule has 0 fully saturated rings. The van der Waals surface area contributed by atoms with Gasteiger partial charge in [-0.25, -0.2) is 0 Å². The fraction of sp³-hybridized carbons (Fsp3) is 0.125. The lowest BCUT2D eigenvalue weighted by molar-refractivity contribution is 0.776. The van der Waals surface area contributed by atoms with Crippen LogP contribution in [0.3, 0.4) is 0 Å². The molecule has 3 rings (SSSR count). The van der Waals surface area contributed by atoms with Crippen molar-refractivity contribution in [3.05, 3.63) is 59.5 Å². The van der Waals surface area contributed by atoms with Gasteiger partial charge in [-0.1, -0.05) is 23.7 Å². The largest absolute Gasteiger partial charge is 0.267 e. The number of benzene rings is 1. The first-order valence-electron chi connectivity index (χ1n) is 6.36. The molecule has 4 heteroatoms. The minimum Gasteiger partial charge on any atom is -0.267 e. The molecule has 20 heavy (non-hydrogen) atoms. The molecular formula is C16H14ClN3. The van der Waals surface area contributed by atoms with Gasteiger partial charge in [-0.3, -0.25) is 9.67 Å². The number of rotatable bonds is 2. The van der Waals surface area contributed by atoms with Crippen LogP contribution in [-0.4, -0.2) is 14.8 Å². The Labute approximate surface area is 122 Å². The molecule has 3 aromatic rings. The number of pyridine rings is 1. The summed E-state index contributed by atoms with van der Waals surface area (Å²) in [5.74, 6) is 0. The predicted octanol–water partition coefficient (Wildman–Crippen LogP) is 4.11. The maximum absolute atomic E-state index is 6.10. The van der Waals surface area contributed by atoms with E-state index >= 15 is 0 Å². The fourth-order valence-electron chi connectivity index (χ4n) is 2.34. The van der Waals surface area contributed by atoms with Crippen LogP contribution in [0.25, 0.3) is 22.4 Å². The van der Waals surface area contributed by atoms with Crippen molar-refractivity contribution in [2.45, 2.75) is 6.92 Å². The first-order chi connectivity index (χ1) is 9.65. The Morgan fingerprint density at radius 3 is 2.70 bits per heavy atom. The van der Waals surface area contributed by atoms with Crippen LogP contribution in [0.4, 0.5) is 0 Å². The normalized spacial score (nSPS) is 10.8. The molecule has 0 bridgehead atoms. The number of aryl methyl sites for hydroxylation is 2. The van der Waals surface area contributed by atoms with Crippen LogP contribution in [0, 0.1) is 6.92 Å². The fourth-order valence-corrected chi connectivity index (χ4v) is 2.53. The van der Waals surface area contributed by atoms with Crippen LogP contribution in [0.1, 0.15) is 5.69 Å². The predicted molar refractivity (Wildman–Crippen MR) is 81.6 cm³/mol. The minimum atomic E-state index is 0.723. The molecule has 0 aliphatic carbocycles. The molecule has 0 amide bonds. The molecule has 0 atom stereocenters. The summed E-state index contributed by atoms with van der Waals surface area (Å²) in [7, 11) is 1.94. The van der Waals surface area contributed by atoms with Crippen molar-refractivity contribution < 1.29 is 0 Å². The highest BCUT2D eigenvalue weighted by molar-refractivity contribution is 6.30. The highest BCUT2D eigenvalue weighted by Gasteiger charge is 2.13. The SMILES string of the molecule is Cc1cc(-c2cnn(C)c2-c2cccc(Cl)c2)ccn1. The quantitative estimate of drug-likeness (QED) is 0.708. The number of aromatic nitrogens is 3. The maximum atomic E-state index is 6.10. The Morgan fingerprint density at radius 1 is 1.10 bits per heavy atom. The number of halogens is 1. The summed E-state index contributed by atoms with van der Waals surface area (Å²) in [5, 5.41) is 5.10. The molecule has 0 radical (unpaired) electrons. The van der Waals surface area contributed by atoms with Gasteiger partial charge in [-0.15, -0.1) is 0 Å². The van der Waals surface area contributed by atoms with Crippen molar-refractivity contribution in [3.63, 3.8) is 0 Å². The topological polar surface area (TPSA) is 30.7 Å². The molecular weight excluding hydrogens is 270 g/mol. The first kappa shape index (κ1) is 12.9. The first-order valence-corrected chi connectivity index (χ1v) is 6.74. The molecule has 2 aromatic heterocycles. The number of hydrogen-bond donors (Lipinski definition) is 0. The lowest BCUT2D eigenvalue weighted by Gasteiger charge is -2.07. The highest BCUT2D eigenvalue weighted by atomic mass is 35.5. The smallest absolute Gasteiger partial charge is 0.0757 e. The third-order valence-electron chi connectivity index (χ3n) is 3.24. The van der Waals surface area contributed by atoms with Gasteiger partial charge in [-0.2, -0.15) is 5.10 Å². The average molecular weight is 284 g/mol. The van der Waals surface area contributed by atoms with E-state index in [1.54, 1.807) is 0 Å². The minimum absolute atomic E-state index is 0.723. The Kier molecular flexibility index (Phi) is 3.28. The summed E-state index contributed by atoms with van der Waals surface area (Å²) in [6, 6.07) is 11.9. The van der Waals surface area contributed by atoms with Gasteiger partial charge in [0.2, 0.25) is 0 Å². The standard InChI is InChI=1S/C16H14ClN3/c1-11-8-12(6-7-18-11)15-10-19-20(2)16(15)13-4-3-5-14(17)9-13/h3-10H,1-2H3. The molecule has 0 N–H and O–H groups in total. The van der Waals surface area contributed by atoms with Gasteiger partial charge in [0.15, 0.2) is 0 Å². The molecule has 0 spiro atoms. The van der Waals surface area contributed by atoms with Crippen molar-refractivity contribution in [3.8, 4) is 22.4 Å². The van der Waals surface area contributed by atoms with Gasteiger partial charge in [0.1, 0.15) is 0 Å². The van der Waals surface area contributed by atoms with Gasteiger partial charge in [0.25, 0.3) is 0 Å². The highest BCUT2D eigenvalue weighted by Crippen LogP contribution is 2.32. The number of nitrogens with zero attached hydrogens (tertiary/aromatic N) is 3. The molecule has 0 aliphatic rings. The zero-order chi connectivity index (χ0) is 14.1. The van der Waals surface area contributed by atoms with E-state index in [-0.39, 0.29) is 0 Å². The van der Waals surface area contributed by atoms with Gasteiger partial charge >= 0.3 is 0 Å². The third-order valence-corrected chi connectivity index (χ3v) is 3.48. The van der Waals surface area contributed by atoms with Gasteiger partial charge < -0.3 is 0 Å². The van der Waals surface area contributed by atoms with Gasteiger partial charge in [-0.05, 0) is 36.8 Å². The molecule has 1 aromatic carbocycles. The molecule has 2 heterocycles. The molecule has 100 valence electrons. The van der Waals surface area contributed by atoms with E-state index in [0.29, 0.717) is 0 Å². The zero-order valence-corrected chi connectivity index (χ0v) is 12.1. The second-order valence-corrected chi connectivity index (χ2v) is 5.16. The summed E-state index contributed by atoms with van der Waals surface area (Å²) < 4.78 is 1.87. The monoisotopic (exact) mass is 283 g/mol. The lowest BCUT2D eigenvalue weighted by atomic mass is 10.0. The van der Waals surface area contributed by atoms with Crippen LogP contribution in [0.15, 0.2) is 48.8 Å². The second kappa shape index (κ2) is 5.10. The Bertz CT molecular complexity index is 762. The van der Waals surface area contributed by atoms with Crippen molar-refractivity contribution in [1.29, 1.82) is 0 Å². The maximum Gasteiger partial charge on any atom is 0.0757 e. The summed E-state index contributed by atoms with van der Waals surface area (Å²) in [5.41, 5.74) is 5.30. The summed E-state index contributed by atoms with van der Waals surface area (Å²) in [4.78, 5) is 4.24. The van der Waals surface area contributed by atoms with E-state index in [2.05, 4.69) is 16.1 Å². The Hall–Kier alpha value is -2.13. The second-order valence-electron chi connectivity index (χ2n) is 4.73. The van der Waals surface area contributed by atoms with E-state index in [1.165, 1.54) is 0 Å². The Morgan fingerprint density at radius 2 is 1.95 bits per heavy atom. The van der Waals surface area contributed by atoms with Gasteiger partial charge in [0, 0.05) is 35.1 Å². The van der Waals surface area contributed by atoms with Crippen molar-refractivity contribution in [2.24, 2.45) is 7.05 Å². The third kappa shape index (κ3) is 2.32. The summed E-state index contributed by atoms with van der Waals surface area (Å²) in [6.45, 7) is 1.99. The molecule has 0 unspecified atom stereocenters. The molecule has 0 aliphatic heterocycles. The summed E-state index contributed by atoms with van der Waals surface area (Å²) >= 11 is 6.10. The van der Waals surface area contributed by atoms with Crippen molar-refractivity contribution in [1.82, 2.24) is 14.8 Å².